The molecule has 6 nitrogen and oxygen atoms in total. The number of nitrogens with two attached hydrogens (primary N) is 2. The molecule has 4 unspecified atom stereocenters. The van der Waals surface area contributed by atoms with Gasteiger partial charge in [0.2, 0.25) is 0 Å². The Morgan fingerprint density at radius 2 is 1.18 bits per heavy atom. The summed E-state index contributed by atoms with van der Waals surface area (Å²) in [7, 11) is 0. The first-order valence-corrected chi connectivity index (χ1v) is 8.07. The Balaban J connectivity index is 4.00. The lowest BCUT2D eigenvalue weighted by molar-refractivity contribution is 0.0190. The van der Waals surface area contributed by atoms with Gasteiger partial charge in [0.05, 0.1) is 12.2 Å². The van der Waals surface area contributed by atoms with Crippen LogP contribution in [0.3, 0.4) is 0 Å². The zero-order chi connectivity index (χ0) is 16.8. The van der Waals surface area contributed by atoms with Crippen LogP contribution in [0, 0.1) is 0 Å². The molecule has 0 bridgehead atoms. The largest absolute Gasteiger partial charge is 0.389 e. The zero-order valence-electron chi connectivity index (χ0n) is 13.6. The third kappa shape index (κ3) is 10.0. The molecule has 0 aromatic rings. The van der Waals surface area contributed by atoms with Gasteiger partial charge in [0.1, 0.15) is 0 Å². The molecule has 0 saturated heterocycles. The van der Waals surface area contributed by atoms with E-state index < -0.39 is 12.2 Å². The number of aliphatic hydroxyl groups excluding tert-OH is 2. The summed E-state index contributed by atoms with van der Waals surface area (Å²) in [4.78, 5) is 0. The van der Waals surface area contributed by atoms with E-state index in [1.54, 1.807) is 12.2 Å². The lowest BCUT2D eigenvalue weighted by atomic mass is 10.1. The molecule has 0 aliphatic carbocycles. The first-order valence-electron chi connectivity index (χ1n) is 8.07. The summed E-state index contributed by atoms with van der Waals surface area (Å²) >= 11 is 0. The van der Waals surface area contributed by atoms with Gasteiger partial charge in [-0.25, -0.2) is 0 Å². The highest BCUT2D eigenvalue weighted by molar-refractivity contribution is 4.89. The van der Waals surface area contributed by atoms with E-state index in [-0.39, 0.29) is 12.1 Å². The Labute approximate surface area is 134 Å². The summed E-state index contributed by atoms with van der Waals surface area (Å²) in [5.74, 6) is 0. The molecule has 130 valence electrons. The summed E-state index contributed by atoms with van der Waals surface area (Å²) in [5.41, 5.74) is 11.0. The minimum absolute atomic E-state index is 0.101. The van der Waals surface area contributed by atoms with E-state index in [0.717, 1.165) is 25.7 Å². The van der Waals surface area contributed by atoms with Gasteiger partial charge in [0, 0.05) is 25.2 Å². The van der Waals surface area contributed by atoms with Gasteiger partial charge in [-0.2, -0.15) is 0 Å². The standard InChI is InChI=1S/C16H34N4O2/c1-3-13(7-5-9-17)19-11-15(21)16(22)12-20-14(4-2)8-6-10-18/h3-4,13-16,19-22H,1-2,5-12,17-18H2. The monoisotopic (exact) mass is 314 g/mol. The molecule has 8 N–H and O–H groups in total. The third-order valence-electron chi connectivity index (χ3n) is 3.63. The molecule has 0 fully saturated rings. The van der Waals surface area contributed by atoms with Gasteiger partial charge < -0.3 is 32.3 Å². The van der Waals surface area contributed by atoms with Gasteiger partial charge in [0.25, 0.3) is 0 Å². The molecule has 0 rings (SSSR count). The minimum Gasteiger partial charge on any atom is -0.389 e. The van der Waals surface area contributed by atoms with E-state index in [9.17, 15) is 10.2 Å². The van der Waals surface area contributed by atoms with Crippen LogP contribution in [0.25, 0.3) is 0 Å². The maximum absolute atomic E-state index is 9.99. The van der Waals surface area contributed by atoms with Crippen molar-refractivity contribution in [1.29, 1.82) is 0 Å². The van der Waals surface area contributed by atoms with Crippen molar-refractivity contribution in [3.8, 4) is 0 Å². The lowest BCUT2D eigenvalue weighted by Gasteiger charge is -2.23. The van der Waals surface area contributed by atoms with Crippen molar-refractivity contribution in [2.45, 2.75) is 50.0 Å². The van der Waals surface area contributed by atoms with Crippen molar-refractivity contribution < 1.29 is 10.2 Å². The number of rotatable bonds is 15. The Morgan fingerprint density at radius 3 is 1.45 bits per heavy atom. The van der Waals surface area contributed by atoms with Crippen LogP contribution in [0.5, 0.6) is 0 Å². The minimum atomic E-state index is -0.840. The van der Waals surface area contributed by atoms with E-state index >= 15 is 0 Å². The molecule has 0 heterocycles. The maximum atomic E-state index is 9.99. The third-order valence-corrected chi connectivity index (χ3v) is 3.63. The lowest BCUT2D eigenvalue weighted by Crippen LogP contribution is -2.46. The fourth-order valence-corrected chi connectivity index (χ4v) is 2.10. The van der Waals surface area contributed by atoms with Crippen molar-refractivity contribution in [3.63, 3.8) is 0 Å². The normalized spacial score (nSPS) is 16.7. The highest BCUT2D eigenvalue weighted by Crippen LogP contribution is 2.01. The zero-order valence-corrected chi connectivity index (χ0v) is 13.6. The Morgan fingerprint density at radius 1 is 0.818 bits per heavy atom. The second kappa shape index (κ2) is 13.9. The average Bonchev–Trinajstić information content (AvgIpc) is 2.54. The second-order valence-corrected chi connectivity index (χ2v) is 5.50. The first-order chi connectivity index (χ1) is 10.6. The number of aliphatic hydroxyl groups is 2. The summed E-state index contributed by atoms with van der Waals surface area (Å²) in [6.07, 6.45) is 5.46. The van der Waals surface area contributed by atoms with Gasteiger partial charge in [-0.3, -0.25) is 0 Å². The molecule has 0 amide bonds. The van der Waals surface area contributed by atoms with Crippen molar-refractivity contribution in [2.24, 2.45) is 11.5 Å². The Hall–Kier alpha value is -0.760. The topological polar surface area (TPSA) is 117 Å². The van der Waals surface area contributed by atoms with Gasteiger partial charge in [-0.15, -0.1) is 13.2 Å². The molecule has 0 spiro atoms. The van der Waals surface area contributed by atoms with E-state index in [2.05, 4.69) is 23.8 Å². The molecule has 4 atom stereocenters. The maximum Gasteiger partial charge on any atom is 0.0935 e. The average molecular weight is 314 g/mol. The number of hydrogen-bond acceptors (Lipinski definition) is 6. The molecule has 22 heavy (non-hydrogen) atoms. The van der Waals surface area contributed by atoms with Crippen molar-refractivity contribution in [3.05, 3.63) is 25.3 Å². The molecule has 6 heteroatoms. The van der Waals surface area contributed by atoms with E-state index in [1.807, 2.05) is 0 Å². The van der Waals surface area contributed by atoms with E-state index in [1.165, 1.54) is 0 Å². The van der Waals surface area contributed by atoms with Crippen LogP contribution in [0.4, 0.5) is 0 Å². The second-order valence-electron chi connectivity index (χ2n) is 5.50. The molecule has 0 aliphatic rings. The molecule has 0 aliphatic heterocycles. The van der Waals surface area contributed by atoms with Crippen molar-refractivity contribution in [1.82, 2.24) is 10.6 Å². The van der Waals surface area contributed by atoms with Crippen LogP contribution in [0.15, 0.2) is 25.3 Å². The van der Waals surface area contributed by atoms with Gasteiger partial charge in [0.15, 0.2) is 0 Å². The molecular formula is C16H34N4O2. The Kier molecular flexibility index (Phi) is 13.4. The van der Waals surface area contributed by atoms with Crippen LogP contribution in [-0.2, 0) is 0 Å². The van der Waals surface area contributed by atoms with E-state index in [0.29, 0.717) is 26.2 Å². The van der Waals surface area contributed by atoms with Crippen molar-refractivity contribution >= 4 is 0 Å². The van der Waals surface area contributed by atoms with Crippen LogP contribution in [-0.4, -0.2) is 60.7 Å². The fraction of sp³-hybridized carbons (Fsp3) is 0.750. The fourth-order valence-electron chi connectivity index (χ4n) is 2.10. The SMILES string of the molecule is C=CC(CCCN)NCC(O)C(O)CNC(C=C)CCCN. The summed E-state index contributed by atoms with van der Waals surface area (Å²) in [6.45, 7) is 9.40. The molecular weight excluding hydrogens is 280 g/mol. The molecule has 0 aromatic heterocycles. The van der Waals surface area contributed by atoms with Gasteiger partial charge in [-0.05, 0) is 38.8 Å². The smallest absolute Gasteiger partial charge is 0.0935 e. The predicted octanol–water partition coefficient (Wildman–Crippen LogP) is -0.526. The first kappa shape index (κ1) is 21.2. The summed E-state index contributed by atoms with van der Waals surface area (Å²) < 4.78 is 0. The van der Waals surface area contributed by atoms with Gasteiger partial charge in [-0.1, -0.05) is 12.2 Å². The summed E-state index contributed by atoms with van der Waals surface area (Å²) in [5, 5.41) is 26.3. The van der Waals surface area contributed by atoms with Crippen LogP contribution in [0.1, 0.15) is 25.7 Å². The number of nitrogens with one attached hydrogen (secondary N) is 2. The summed E-state index contributed by atoms with van der Waals surface area (Å²) in [6, 6.07) is 0.202. The van der Waals surface area contributed by atoms with Crippen LogP contribution < -0.4 is 22.1 Å². The Bertz CT molecular complexity index is 261. The van der Waals surface area contributed by atoms with Gasteiger partial charge >= 0.3 is 0 Å². The highest BCUT2D eigenvalue weighted by Gasteiger charge is 2.18. The van der Waals surface area contributed by atoms with Crippen LogP contribution >= 0.6 is 0 Å². The van der Waals surface area contributed by atoms with E-state index in [4.69, 9.17) is 11.5 Å². The molecule has 0 radical (unpaired) electrons. The highest BCUT2D eigenvalue weighted by atomic mass is 16.3. The van der Waals surface area contributed by atoms with Crippen molar-refractivity contribution in [2.75, 3.05) is 26.2 Å². The molecule has 0 aromatic carbocycles. The quantitative estimate of drug-likeness (QED) is 0.226. The predicted molar refractivity (Wildman–Crippen MR) is 92.6 cm³/mol. The number of hydrogen-bond donors (Lipinski definition) is 6. The molecule has 0 saturated carbocycles. The van der Waals surface area contributed by atoms with Crippen LogP contribution in [0.2, 0.25) is 0 Å².